The van der Waals surface area contributed by atoms with Crippen LogP contribution >= 0.6 is 0 Å². The molecule has 2 aromatic carbocycles. The summed E-state index contributed by atoms with van der Waals surface area (Å²) in [6.45, 7) is 6.59. The molecule has 1 spiro atoms. The summed E-state index contributed by atoms with van der Waals surface area (Å²) >= 11 is 0. The molecule has 2 atom stereocenters. The Hall–Kier alpha value is -3.44. The number of carbonyl (C=O) groups excluding carboxylic acids is 3. The number of hydrogen-bond donors (Lipinski definition) is 3. The van der Waals surface area contributed by atoms with Gasteiger partial charge in [0.2, 0.25) is 0 Å². The number of rotatable bonds is 6. The Morgan fingerprint density at radius 2 is 1.86 bits per heavy atom. The van der Waals surface area contributed by atoms with Crippen LogP contribution in [0, 0.1) is 5.92 Å². The number of carbonyl (C=O) groups is 3. The van der Waals surface area contributed by atoms with E-state index in [9.17, 15) is 22.8 Å². The number of amides is 4. The van der Waals surface area contributed by atoms with Gasteiger partial charge >= 0.3 is 6.03 Å². The fourth-order valence-corrected chi connectivity index (χ4v) is 6.94. The highest BCUT2D eigenvalue weighted by Crippen LogP contribution is 2.31. The van der Waals surface area contributed by atoms with Crippen molar-refractivity contribution in [3.63, 3.8) is 0 Å². The first-order valence-electron chi connectivity index (χ1n) is 12.4. The van der Waals surface area contributed by atoms with Crippen LogP contribution in [-0.4, -0.2) is 74.7 Å². The van der Waals surface area contributed by atoms with E-state index in [4.69, 9.17) is 0 Å². The Morgan fingerprint density at radius 3 is 2.54 bits per heavy atom. The maximum Gasteiger partial charge on any atom is 0.322 e. The van der Waals surface area contributed by atoms with Crippen LogP contribution in [0.5, 0.6) is 0 Å². The van der Waals surface area contributed by atoms with Crippen LogP contribution in [0.3, 0.4) is 0 Å². The molecule has 0 bridgehead atoms. The van der Waals surface area contributed by atoms with E-state index in [0.717, 1.165) is 12.1 Å². The Morgan fingerprint density at radius 1 is 1.14 bits per heavy atom. The van der Waals surface area contributed by atoms with E-state index >= 15 is 0 Å². The van der Waals surface area contributed by atoms with E-state index in [0.29, 0.717) is 48.2 Å². The first-order valence-corrected chi connectivity index (χ1v) is 14.0. The van der Waals surface area contributed by atoms with Gasteiger partial charge < -0.3 is 15.5 Å². The number of fused-ring (bicyclic) bond motifs is 1. The van der Waals surface area contributed by atoms with Gasteiger partial charge in [-0.1, -0.05) is 38.1 Å². The molecule has 37 heavy (non-hydrogen) atoms. The minimum Gasteiger partial charge on any atom is -0.365 e. The second-order valence-corrected chi connectivity index (χ2v) is 12.5. The lowest BCUT2D eigenvalue weighted by molar-refractivity contribution is -0.124. The monoisotopic (exact) mass is 525 g/mol. The van der Waals surface area contributed by atoms with Crippen LogP contribution in [0.2, 0.25) is 0 Å². The van der Waals surface area contributed by atoms with Crippen molar-refractivity contribution < 1.29 is 22.8 Å². The van der Waals surface area contributed by atoms with Gasteiger partial charge in [-0.25, -0.2) is 13.2 Å². The number of imide groups is 1. The molecule has 196 valence electrons. The SMILES string of the molecule is CC(C)CN1C[C@@H](NC(=O)c2ccc(CN3CCS(=O)(=O)c4ccccc43)cc2)[C@]2(C1)NC(=O)NC2=O. The minimum atomic E-state index is -3.28. The number of likely N-dealkylation sites (tertiary alicyclic amines) is 1. The van der Waals surface area contributed by atoms with Gasteiger partial charge in [-0.3, -0.25) is 19.8 Å². The van der Waals surface area contributed by atoms with E-state index in [1.54, 1.807) is 24.3 Å². The number of para-hydroxylation sites is 1. The van der Waals surface area contributed by atoms with Crippen LogP contribution < -0.4 is 20.9 Å². The van der Waals surface area contributed by atoms with E-state index in [1.807, 2.05) is 29.2 Å². The molecular weight excluding hydrogens is 494 g/mol. The topological polar surface area (TPSA) is 128 Å². The molecule has 3 aliphatic rings. The molecule has 2 saturated heterocycles. The molecule has 11 heteroatoms. The lowest BCUT2D eigenvalue weighted by atomic mass is 9.93. The fraction of sp³-hybridized carbons (Fsp3) is 0.423. The highest BCUT2D eigenvalue weighted by atomic mass is 32.2. The molecule has 5 rings (SSSR count). The molecule has 0 aromatic heterocycles. The van der Waals surface area contributed by atoms with Crippen LogP contribution in [0.4, 0.5) is 10.5 Å². The third kappa shape index (κ3) is 4.80. The van der Waals surface area contributed by atoms with Gasteiger partial charge in [0.25, 0.3) is 11.8 Å². The standard InChI is InChI=1S/C26H31N5O5S/c1-17(2)13-30-15-22(26(16-30)24(33)28-25(34)29-26)27-23(32)19-9-7-18(8-10-19)14-31-11-12-37(35,36)21-6-4-3-5-20(21)31/h3-10,17,22H,11-16H2,1-2H3,(H,27,32)(H2,28,29,33,34)/t22-,26+/m1/s1. The summed E-state index contributed by atoms with van der Waals surface area (Å²) in [4.78, 5) is 42.3. The zero-order valence-electron chi connectivity index (χ0n) is 20.9. The number of nitrogens with zero attached hydrogens (tertiary/aromatic N) is 2. The maximum atomic E-state index is 13.1. The van der Waals surface area contributed by atoms with Crippen LogP contribution in [0.15, 0.2) is 53.4 Å². The van der Waals surface area contributed by atoms with Crippen molar-refractivity contribution in [1.29, 1.82) is 0 Å². The van der Waals surface area contributed by atoms with Crippen molar-refractivity contribution in [1.82, 2.24) is 20.9 Å². The van der Waals surface area contributed by atoms with E-state index in [1.165, 1.54) is 0 Å². The molecule has 3 heterocycles. The molecule has 0 saturated carbocycles. The molecule has 3 N–H and O–H groups in total. The van der Waals surface area contributed by atoms with Crippen molar-refractivity contribution in [2.75, 3.05) is 36.8 Å². The second kappa shape index (κ2) is 9.46. The van der Waals surface area contributed by atoms with Crippen LogP contribution in [-0.2, 0) is 21.2 Å². The highest BCUT2D eigenvalue weighted by Gasteiger charge is 2.57. The van der Waals surface area contributed by atoms with Gasteiger partial charge in [-0.05, 0) is 35.7 Å². The molecule has 0 unspecified atom stereocenters. The molecule has 4 amide bonds. The summed E-state index contributed by atoms with van der Waals surface area (Å²) in [5, 5.41) is 8.04. The quantitative estimate of drug-likeness (QED) is 0.483. The summed E-state index contributed by atoms with van der Waals surface area (Å²) in [5.74, 6) is -0.323. The van der Waals surface area contributed by atoms with Crippen LogP contribution in [0.25, 0.3) is 0 Å². The minimum absolute atomic E-state index is 0.0611. The Bertz CT molecular complexity index is 1340. The summed E-state index contributed by atoms with van der Waals surface area (Å²) in [5.41, 5.74) is 0.870. The normalized spacial score (nSPS) is 24.7. The molecule has 2 aromatic rings. The van der Waals surface area contributed by atoms with E-state index in [2.05, 4.69) is 34.7 Å². The van der Waals surface area contributed by atoms with Crippen molar-refractivity contribution in [2.24, 2.45) is 5.92 Å². The van der Waals surface area contributed by atoms with Gasteiger partial charge in [0, 0.05) is 38.3 Å². The average molecular weight is 526 g/mol. The summed E-state index contributed by atoms with van der Waals surface area (Å²) in [6, 6.07) is 13.0. The number of anilines is 1. The predicted molar refractivity (Wildman–Crippen MR) is 138 cm³/mol. The van der Waals surface area contributed by atoms with Gasteiger partial charge in [0.15, 0.2) is 15.4 Å². The average Bonchev–Trinajstić information content (AvgIpc) is 3.32. The fourth-order valence-electron chi connectivity index (χ4n) is 5.46. The second-order valence-electron chi connectivity index (χ2n) is 10.4. The number of sulfone groups is 1. The number of hydrogen-bond acceptors (Lipinski definition) is 7. The molecule has 10 nitrogen and oxygen atoms in total. The molecule has 0 radical (unpaired) electrons. The van der Waals surface area contributed by atoms with Gasteiger partial charge in [0.05, 0.1) is 22.4 Å². The third-order valence-electron chi connectivity index (χ3n) is 7.17. The number of urea groups is 1. The zero-order valence-corrected chi connectivity index (χ0v) is 21.7. The largest absolute Gasteiger partial charge is 0.365 e. The maximum absolute atomic E-state index is 13.1. The smallest absolute Gasteiger partial charge is 0.322 e. The highest BCUT2D eigenvalue weighted by molar-refractivity contribution is 7.91. The Kier molecular flexibility index (Phi) is 6.45. The van der Waals surface area contributed by atoms with Gasteiger partial charge in [-0.2, -0.15) is 0 Å². The van der Waals surface area contributed by atoms with Gasteiger partial charge in [-0.15, -0.1) is 0 Å². The van der Waals surface area contributed by atoms with Gasteiger partial charge in [0.1, 0.15) is 0 Å². The predicted octanol–water partition coefficient (Wildman–Crippen LogP) is 1.13. The first-order chi connectivity index (χ1) is 17.6. The number of benzene rings is 2. The van der Waals surface area contributed by atoms with Crippen molar-refractivity contribution in [3.8, 4) is 0 Å². The molecule has 3 aliphatic heterocycles. The third-order valence-corrected chi connectivity index (χ3v) is 8.90. The van der Waals surface area contributed by atoms with Crippen molar-refractivity contribution in [3.05, 3.63) is 59.7 Å². The molecule has 0 aliphatic carbocycles. The lowest BCUT2D eigenvalue weighted by Gasteiger charge is -2.31. The van der Waals surface area contributed by atoms with Crippen molar-refractivity contribution >= 4 is 33.4 Å². The lowest BCUT2D eigenvalue weighted by Crippen LogP contribution is -2.62. The number of nitrogens with one attached hydrogen (secondary N) is 3. The summed E-state index contributed by atoms with van der Waals surface area (Å²) < 4.78 is 24.8. The summed E-state index contributed by atoms with van der Waals surface area (Å²) in [6.07, 6.45) is 0. The van der Waals surface area contributed by atoms with Crippen molar-refractivity contribution in [2.45, 2.75) is 36.9 Å². The van der Waals surface area contributed by atoms with E-state index in [-0.39, 0.29) is 11.7 Å². The van der Waals surface area contributed by atoms with E-state index < -0.39 is 33.4 Å². The first kappa shape index (κ1) is 25.2. The Labute approximate surface area is 216 Å². The summed E-state index contributed by atoms with van der Waals surface area (Å²) in [7, 11) is -3.28. The zero-order chi connectivity index (χ0) is 26.4. The molecule has 2 fully saturated rings. The molecular formula is C26H31N5O5S. The van der Waals surface area contributed by atoms with Crippen LogP contribution in [0.1, 0.15) is 29.8 Å². The Balaban J connectivity index is 1.29.